The third-order valence-corrected chi connectivity index (χ3v) is 1.68. The van der Waals surface area contributed by atoms with Crippen molar-refractivity contribution in [2.75, 3.05) is 6.54 Å². The van der Waals surface area contributed by atoms with Crippen molar-refractivity contribution in [2.24, 2.45) is 0 Å². The van der Waals surface area contributed by atoms with E-state index in [1.165, 1.54) is 12.8 Å². The lowest BCUT2D eigenvalue weighted by Gasteiger charge is -2.10. The fraction of sp³-hybridized carbons (Fsp3) is 0.833. The first-order valence-corrected chi connectivity index (χ1v) is 3.01. The van der Waals surface area contributed by atoms with Gasteiger partial charge in [-0.1, -0.05) is 0 Å². The second-order valence-electron chi connectivity index (χ2n) is 2.28. The predicted octanol–water partition coefficient (Wildman–Crippen LogP) is 0.952. The Labute approximate surface area is 49.7 Å². The predicted molar refractivity (Wildman–Crippen MR) is 31.0 cm³/mol. The standard InChI is InChI=1S/C6H10N2/c1-6-3-2-4-8(6)5-7/h6H,2-4H2,1H3/t6-/m1/s1. The number of hydrogen-bond acceptors (Lipinski definition) is 2. The average molecular weight is 110 g/mol. The zero-order valence-electron chi connectivity index (χ0n) is 5.09. The highest BCUT2D eigenvalue weighted by atomic mass is 15.2. The second-order valence-corrected chi connectivity index (χ2v) is 2.28. The van der Waals surface area contributed by atoms with Crippen molar-refractivity contribution in [1.82, 2.24) is 4.90 Å². The Hall–Kier alpha value is -0.710. The minimum atomic E-state index is 0.500. The smallest absolute Gasteiger partial charge is 0.179 e. The number of nitrogens with zero attached hydrogens (tertiary/aromatic N) is 2. The highest BCUT2D eigenvalue weighted by Gasteiger charge is 2.17. The quantitative estimate of drug-likeness (QED) is 0.434. The van der Waals surface area contributed by atoms with E-state index in [1.807, 2.05) is 4.90 Å². The number of hydrogen-bond donors (Lipinski definition) is 0. The molecule has 1 heterocycles. The molecule has 1 saturated heterocycles. The third kappa shape index (κ3) is 0.764. The zero-order chi connectivity index (χ0) is 5.98. The summed E-state index contributed by atoms with van der Waals surface area (Å²) in [6.07, 6.45) is 4.52. The largest absolute Gasteiger partial charge is 0.308 e. The molecule has 1 aliphatic heterocycles. The lowest BCUT2D eigenvalue weighted by atomic mass is 10.2. The van der Waals surface area contributed by atoms with Gasteiger partial charge in [-0.3, -0.25) is 0 Å². The summed E-state index contributed by atoms with van der Waals surface area (Å²) >= 11 is 0. The van der Waals surface area contributed by atoms with Gasteiger partial charge in [-0.15, -0.1) is 0 Å². The van der Waals surface area contributed by atoms with Crippen LogP contribution < -0.4 is 0 Å². The van der Waals surface area contributed by atoms with Crippen molar-refractivity contribution in [2.45, 2.75) is 25.8 Å². The molecule has 0 N–H and O–H groups in total. The van der Waals surface area contributed by atoms with E-state index in [1.54, 1.807) is 0 Å². The molecule has 0 aliphatic carbocycles. The van der Waals surface area contributed by atoms with Gasteiger partial charge < -0.3 is 4.90 Å². The number of rotatable bonds is 0. The fourth-order valence-electron chi connectivity index (χ4n) is 1.08. The summed E-state index contributed by atoms with van der Waals surface area (Å²) in [4.78, 5) is 1.83. The molecular formula is C6H10N2. The first-order chi connectivity index (χ1) is 3.84. The summed E-state index contributed by atoms with van der Waals surface area (Å²) in [6.45, 7) is 3.06. The zero-order valence-corrected chi connectivity index (χ0v) is 5.09. The Balaban J connectivity index is 2.45. The van der Waals surface area contributed by atoms with Gasteiger partial charge in [0.25, 0.3) is 0 Å². The van der Waals surface area contributed by atoms with Crippen LogP contribution in [0.3, 0.4) is 0 Å². The third-order valence-electron chi connectivity index (χ3n) is 1.68. The van der Waals surface area contributed by atoms with E-state index in [9.17, 15) is 0 Å². The molecule has 1 atom stereocenters. The van der Waals surface area contributed by atoms with Crippen molar-refractivity contribution in [3.8, 4) is 6.19 Å². The molecule has 44 valence electrons. The van der Waals surface area contributed by atoms with E-state index in [4.69, 9.17) is 5.26 Å². The van der Waals surface area contributed by atoms with Crippen molar-refractivity contribution < 1.29 is 0 Å². The fourth-order valence-corrected chi connectivity index (χ4v) is 1.08. The molecule has 0 amide bonds. The van der Waals surface area contributed by atoms with Gasteiger partial charge in [0.2, 0.25) is 0 Å². The van der Waals surface area contributed by atoms with Crippen LogP contribution in [-0.2, 0) is 0 Å². The van der Waals surface area contributed by atoms with Crippen LogP contribution in [-0.4, -0.2) is 17.5 Å². The van der Waals surface area contributed by atoms with Gasteiger partial charge in [-0.25, -0.2) is 0 Å². The minimum Gasteiger partial charge on any atom is -0.308 e. The van der Waals surface area contributed by atoms with Crippen LogP contribution in [0.4, 0.5) is 0 Å². The maximum Gasteiger partial charge on any atom is 0.179 e. The summed E-state index contributed by atoms with van der Waals surface area (Å²) in [7, 11) is 0. The summed E-state index contributed by atoms with van der Waals surface area (Å²) in [6, 6.07) is 0.500. The van der Waals surface area contributed by atoms with Crippen molar-refractivity contribution in [3.05, 3.63) is 0 Å². The van der Waals surface area contributed by atoms with E-state index in [0.717, 1.165) is 6.54 Å². The highest BCUT2D eigenvalue weighted by molar-refractivity contribution is 4.84. The maximum atomic E-state index is 8.41. The molecule has 2 heteroatoms. The van der Waals surface area contributed by atoms with Gasteiger partial charge in [0.05, 0.1) is 0 Å². The molecule has 8 heavy (non-hydrogen) atoms. The minimum absolute atomic E-state index is 0.500. The Morgan fingerprint density at radius 3 is 2.75 bits per heavy atom. The first-order valence-electron chi connectivity index (χ1n) is 3.01. The maximum absolute atomic E-state index is 8.41. The topological polar surface area (TPSA) is 27.0 Å². The van der Waals surface area contributed by atoms with Crippen LogP contribution >= 0.6 is 0 Å². The lowest BCUT2D eigenvalue weighted by Crippen LogP contribution is -2.20. The van der Waals surface area contributed by atoms with Gasteiger partial charge in [0.15, 0.2) is 6.19 Å². The van der Waals surface area contributed by atoms with Crippen LogP contribution in [0.5, 0.6) is 0 Å². The number of nitriles is 1. The van der Waals surface area contributed by atoms with Gasteiger partial charge in [-0.2, -0.15) is 5.26 Å². The molecular weight excluding hydrogens is 100 g/mol. The van der Waals surface area contributed by atoms with Crippen LogP contribution in [0.25, 0.3) is 0 Å². The molecule has 1 fully saturated rings. The molecule has 2 nitrogen and oxygen atoms in total. The first kappa shape index (κ1) is 5.43. The SMILES string of the molecule is C[C@@H]1CCCN1C#N. The average Bonchev–Trinajstić information content (AvgIpc) is 2.14. The van der Waals surface area contributed by atoms with E-state index in [2.05, 4.69) is 13.1 Å². The van der Waals surface area contributed by atoms with Crippen LogP contribution in [0.15, 0.2) is 0 Å². The molecule has 1 aliphatic rings. The monoisotopic (exact) mass is 110 g/mol. The number of likely N-dealkylation sites (tertiary alicyclic amines) is 1. The van der Waals surface area contributed by atoms with Gasteiger partial charge in [-0.05, 0) is 19.8 Å². The highest BCUT2D eigenvalue weighted by Crippen LogP contribution is 2.13. The van der Waals surface area contributed by atoms with Crippen LogP contribution in [0, 0.1) is 11.5 Å². The van der Waals surface area contributed by atoms with Crippen LogP contribution in [0.2, 0.25) is 0 Å². The van der Waals surface area contributed by atoms with Gasteiger partial charge >= 0.3 is 0 Å². The molecule has 0 aromatic heterocycles. The molecule has 0 aromatic rings. The summed E-state index contributed by atoms with van der Waals surface area (Å²) in [5.41, 5.74) is 0. The molecule has 0 saturated carbocycles. The van der Waals surface area contributed by atoms with E-state index < -0.39 is 0 Å². The molecule has 0 unspecified atom stereocenters. The Kier molecular flexibility index (Phi) is 1.38. The molecule has 0 radical (unpaired) electrons. The second kappa shape index (κ2) is 2.04. The summed E-state index contributed by atoms with van der Waals surface area (Å²) < 4.78 is 0. The van der Waals surface area contributed by atoms with Crippen molar-refractivity contribution >= 4 is 0 Å². The molecule has 0 aromatic carbocycles. The Bertz CT molecular complexity index is 114. The van der Waals surface area contributed by atoms with E-state index >= 15 is 0 Å². The Morgan fingerprint density at radius 1 is 1.75 bits per heavy atom. The molecule has 1 rings (SSSR count). The lowest BCUT2D eigenvalue weighted by molar-refractivity contribution is 0.388. The Morgan fingerprint density at radius 2 is 2.50 bits per heavy atom. The summed E-state index contributed by atoms with van der Waals surface area (Å²) in [5, 5.41) is 8.41. The van der Waals surface area contributed by atoms with Gasteiger partial charge in [0.1, 0.15) is 0 Å². The van der Waals surface area contributed by atoms with Crippen molar-refractivity contribution in [1.29, 1.82) is 5.26 Å². The van der Waals surface area contributed by atoms with E-state index in [0.29, 0.717) is 6.04 Å². The normalized spacial score (nSPS) is 28.0. The molecule has 0 spiro atoms. The summed E-state index contributed by atoms with van der Waals surface area (Å²) in [5.74, 6) is 0. The van der Waals surface area contributed by atoms with Crippen LogP contribution in [0.1, 0.15) is 19.8 Å². The van der Waals surface area contributed by atoms with Gasteiger partial charge in [0, 0.05) is 12.6 Å². The molecule has 0 bridgehead atoms. The van der Waals surface area contributed by atoms with Crippen molar-refractivity contribution in [3.63, 3.8) is 0 Å². The van der Waals surface area contributed by atoms with E-state index in [-0.39, 0.29) is 0 Å².